The largest absolute Gasteiger partial charge is 0.497 e. The molecule has 0 aliphatic heterocycles. The molecule has 2 N–H and O–H groups in total. The summed E-state index contributed by atoms with van der Waals surface area (Å²) in [7, 11) is 1.67. The third-order valence-corrected chi connectivity index (χ3v) is 6.80. The number of ether oxygens (including phenoxy) is 1. The fraction of sp³-hybridized carbons (Fsp3) is 0.556. The van der Waals surface area contributed by atoms with E-state index >= 15 is 0 Å². The predicted molar refractivity (Wildman–Crippen MR) is 122 cm³/mol. The van der Waals surface area contributed by atoms with Crippen molar-refractivity contribution in [3.8, 4) is 5.75 Å². The Labute approximate surface area is 171 Å². The average molecular weight is 417 g/mol. The van der Waals surface area contributed by atoms with Crippen molar-refractivity contribution in [1.29, 1.82) is 0 Å². The second-order valence-electron chi connectivity index (χ2n) is 5.82. The van der Waals surface area contributed by atoms with Gasteiger partial charge in [-0.2, -0.15) is 0 Å². The molecule has 2 atom stereocenters. The minimum Gasteiger partial charge on any atom is -0.497 e. The van der Waals surface area contributed by atoms with Gasteiger partial charge in [-0.15, -0.1) is 0 Å². The maximum atomic E-state index is 5.54. The lowest BCUT2D eigenvalue weighted by molar-refractivity contribution is 0.414. The van der Waals surface area contributed by atoms with Gasteiger partial charge >= 0.3 is 0 Å². The summed E-state index contributed by atoms with van der Waals surface area (Å²) in [5.74, 6) is 0.845. The van der Waals surface area contributed by atoms with E-state index < -0.39 is 0 Å². The Balaban J connectivity index is 2.84. The van der Waals surface area contributed by atoms with E-state index in [0.29, 0.717) is 12.1 Å². The van der Waals surface area contributed by atoms with Crippen LogP contribution in [0.4, 0.5) is 0 Å². The summed E-state index contributed by atoms with van der Waals surface area (Å²) in [5.41, 5.74) is 1.16. The first-order valence-corrected chi connectivity index (χ1v) is 11.0. The van der Waals surface area contributed by atoms with E-state index in [0.717, 1.165) is 32.8 Å². The molecule has 1 rings (SSSR count). The molecule has 7 heteroatoms. The van der Waals surface area contributed by atoms with Gasteiger partial charge in [-0.1, -0.05) is 73.9 Å². The predicted octanol–water partition coefficient (Wildman–Crippen LogP) is 5.51. The second-order valence-corrected chi connectivity index (χ2v) is 9.69. The lowest BCUT2D eigenvalue weighted by Crippen LogP contribution is -2.30. The van der Waals surface area contributed by atoms with Crippen LogP contribution in [0.3, 0.4) is 0 Å². The molecule has 1 aromatic carbocycles. The zero-order valence-corrected chi connectivity index (χ0v) is 18.8. The second kappa shape index (κ2) is 12.0. The number of rotatable bonds is 8. The first-order chi connectivity index (χ1) is 11.9. The van der Waals surface area contributed by atoms with Crippen LogP contribution >= 0.6 is 48.0 Å². The Morgan fingerprint density at radius 1 is 0.960 bits per heavy atom. The molecule has 0 aliphatic carbocycles. The first-order valence-electron chi connectivity index (χ1n) is 8.47. The Kier molecular flexibility index (Phi) is 10.8. The minimum absolute atomic E-state index is 0.0963. The number of thioether (sulfide) groups is 2. The number of thiocarbonyl (C=S) groups is 2. The Hall–Kier alpha value is -0.500. The van der Waals surface area contributed by atoms with E-state index in [1.165, 1.54) is 0 Å². The number of benzene rings is 1. The van der Waals surface area contributed by atoms with E-state index in [2.05, 4.69) is 50.5 Å². The molecule has 0 saturated heterocycles. The quantitative estimate of drug-likeness (QED) is 0.427. The lowest BCUT2D eigenvalue weighted by Gasteiger charge is -2.22. The Morgan fingerprint density at radius 2 is 1.40 bits per heavy atom. The molecule has 140 valence electrons. The van der Waals surface area contributed by atoms with Crippen molar-refractivity contribution in [2.75, 3.05) is 7.11 Å². The monoisotopic (exact) mass is 416 g/mol. The molecule has 3 nitrogen and oxygen atoms in total. The summed E-state index contributed by atoms with van der Waals surface area (Å²) in [6.07, 6.45) is 2.07. The summed E-state index contributed by atoms with van der Waals surface area (Å²) < 4.78 is 6.95. The van der Waals surface area contributed by atoms with Gasteiger partial charge in [-0.05, 0) is 44.4 Å². The molecular formula is C18H28N2OS4. The van der Waals surface area contributed by atoms with Gasteiger partial charge in [0.15, 0.2) is 0 Å². The van der Waals surface area contributed by atoms with Gasteiger partial charge in [0.1, 0.15) is 14.4 Å². The van der Waals surface area contributed by atoms with Gasteiger partial charge in [0.05, 0.1) is 11.7 Å². The van der Waals surface area contributed by atoms with Crippen LogP contribution in [0.1, 0.15) is 50.7 Å². The molecule has 0 aromatic heterocycles. The topological polar surface area (TPSA) is 33.3 Å². The fourth-order valence-electron chi connectivity index (χ4n) is 1.79. The summed E-state index contributed by atoms with van der Waals surface area (Å²) >= 11 is 14.3. The van der Waals surface area contributed by atoms with Crippen LogP contribution in [0.5, 0.6) is 5.75 Å². The third kappa shape index (κ3) is 8.62. The van der Waals surface area contributed by atoms with Gasteiger partial charge in [-0.25, -0.2) is 0 Å². The van der Waals surface area contributed by atoms with Crippen molar-refractivity contribution in [1.82, 2.24) is 10.6 Å². The van der Waals surface area contributed by atoms with Gasteiger partial charge in [0, 0.05) is 12.1 Å². The Bertz CT molecular complexity index is 525. The molecule has 0 radical (unpaired) electrons. The van der Waals surface area contributed by atoms with Crippen LogP contribution in [-0.2, 0) is 0 Å². The van der Waals surface area contributed by atoms with Gasteiger partial charge in [0.2, 0.25) is 0 Å². The molecule has 25 heavy (non-hydrogen) atoms. The highest BCUT2D eigenvalue weighted by Gasteiger charge is 2.19. The maximum absolute atomic E-state index is 5.54. The smallest absolute Gasteiger partial charge is 0.135 e. The zero-order valence-electron chi connectivity index (χ0n) is 15.5. The Morgan fingerprint density at radius 3 is 1.76 bits per heavy atom. The van der Waals surface area contributed by atoms with Crippen molar-refractivity contribution in [3.05, 3.63) is 29.8 Å². The van der Waals surface area contributed by atoms with E-state index in [1.54, 1.807) is 30.6 Å². The van der Waals surface area contributed by atoms with Crippen LogP contribution in [0, 0.1) is 0 Å². The number of nitrogens with one attached hydrogen (secondary N) is 2. The van der Waals surface area contributed by atoms with Crippen molar-refractivity contribution >= 4 is 56.6 Å². The average Bonchev–Trinajstić information content (AvgIpc) is 2.60. The van der Waals surface area contributed by atoms with Crippen molar-refractivity contribution in [2.24, 2.45) is 0 Å². The highest BCUT2D eigenvalue weighted by Crippen LogP contribution is 2.41. The third-order valence-electron chi connectivity index (χ3n) is 3.77. The minimum atomic E-state index is 0.0963. The highest BCUT2D eigenvalue weighted by molar-refractivity contribution is 8.35. The number of hydrogen-bond acceptors (Lipinski definition) is 5. The van der Waals surface area contributed by atoms with Crippen molar-refractivity contribution < 1.29 is 4.74 Å². The molecule has 0 bridgehead atoms. The molecule has 0 amide bonds. The standard InChI is InChI=1S/C18H28N2OS4/c1-6-12(3)19-17(22)24-16(25-18(23)20-13(4)7-2)14-8-10-15(21-5)11-9-14/h8-13,16H,6-7H2,1-5H3,(H,19,22)(H,20,23). The molecule has 0 heterocycles. The van der Waals surface area contributed by atoms with E-state index in [1.807, 2.05) is 12.1 Å². The SMILES string of the molecule is CCC(C)NC(=S)SC(SC(=S)NC(C)CC)c1ccc(OC)cc1. The van der Waals surface area contributed by atoms with Crippen molar-refractivity contribution in [3.63, 3.8) is 0 Å². The van der Waals surface area contributed by atoms with Crippen LogP contribution in [0.15, 0.2) is 24.3 Å². The van der Waals surface area contributed by atoms with Crippen LogP contribution in [0.25, 0.3) is 0 Å². The van der Waals surface area contributed by atoms with Crippen LogP contribution in [-0.4, -0.2) is 27.8 Å². The van der Waals surface area contributed by atoms with Gasteiger partial charge in [-0.3, -0.25) is 0 Å². The molecule has 2 unspecified atom stereocenters. The first kappa shape index (κ1) is 22.5. The normalized spacial score (nSPS) is 14.3. The van der Waals surface area contributed by atoms with Gasteiger partial charge in [0.25, 0.3) is 0 Å². The lowest BCUT2D eigenvalue weighted by atomic mass is 10.2. The summed E-state index contributed by atoms with van der Waals surface area (Å²) in [6, 6.07) is 8.82. The molecule has 0 fully saturated rings. The van der Waals surface area contributed by atoms with Gasteiger partial charge < -0.3 is 15.4 Å². The molecule has 0 aliphatic rings. The molecular weight excluding hydrogens is 388 g/mol. The molecule has 1 aromatic rings. The molecule has 0 saturated carbocycles. The van der Waals surface area contributed by atoms with E-state index in [9.17, 15) is 0 Å². The highest BCUT2D eigenvalue weighted by atomic mass is 32.2. The molecule has 0 spiro atoms. The summed E-state index contributed by atoms with van der Waals surface area (Å²) in [5, 5.41) is 6.74. The zero-order chi connectivity index (χ0) is 18.8. The summed E-state index contributed by atoms with van der Waals surface area (Å²) in [6.45, 7) is 8.56. The summed E-state index contributed by atoms with van der Waals surface area (Å²) in [4.78, 5) is 0. The number of methoxy groups -OCH3 is 1. The van der Waals surface area contributed by atoms with E-state index in [4.69, 9.17) is 29.2 Å². The number of hydrogen-bond donors (Lipinski definition) is 2. The maximum Gasteiger partial charge on any atom is 0.135 e. The van der Waals surface area contributed by atoms with Crippen LogP contribution < -0.4 is 15.4 Å². The van der Waals surface area contributed by atoms with Crippen molar-refractivity contribution in [2.45, 2.75) is 57.2 Å². The fourth-order valence-corrected chi connectivity index (χ4v) is 5.42. The van der Waals surface area contributed by atoms with E-state index in [-0.39, 0.29) is 4.58 Å². The van der Waals surface area contributed by atoms with Crippen LogP contribution in [0.2, 0.25) is 0 Å².